The predicted molar refractivity (Wildman–Crippen MR) is 115 cm³/mol. The van der Waals surface area contributed by atoms with Gasteiger partial charge in [-0.2, -0.15) is 0 Å². The molecule has 3 aromatic carbocycles. The van der Waals surface area contributed by atoms with Crippen LogP contribution in [-0.4, -0.2) is 22.6 Å². The van der Waals surface area contributed by atoms with E-state index in [1.165, 1.54) is 4.31 Å². The highest BCUT2D eigenvalue weighted by molar-refractivity contribution is 7.92. The van der Waals surface area contributed by atoms with Crippen molar-refractivity contribution in [2.75, 3.05) is 18.5 Å². The fourth-order valence-electron chi connectivity index (χ4n) is 3.33. The summed E-state index contributed by atoms with van der Waals surface area (Å²) in [4.78, 5) is 0.196. The Kier molecular flexibility index (Phi) is 6.13. The number of aryl methyl sites for hydroxylation is 1. The summed E-state index contributed by atoms with van der Waals surface area (Å²) in [7, 11) is -0.714. The van der Waals surface area contributed by atoms with Gasteiger partial charge in [0.15, 0.2) is 0 Å². The molecule has 0 saturated carbocycles. The fraction of sp³-hybridized carbons (Fsp3) is 0.217. The third-order valence-corrected chi connectivity index (χ3v) is 6.73. The van der Waals surface area contributed by atoms with Crippen LogP contribution in [-0.2, 0) is 10.0 Å². The van der Waals surface area contributed by atoms with E-state index in [9.17, 15) is 8.42 Å². The van der Waals surface area contributed by atoms with Crippen molar-refractivity contribution in [1.29, 1.82) is 0 Å². The van der Waals surface area contributed by atoms with Crippen molar-refractivity contribution in [3.8, 4) is 11.5 Å². The van der Waals surface area contributed by atoms with Crippen molar-refractivity contribution in [2.24, 2.45) is 0 Å². The van der Waals surface area contributed by atoms with Crippen molar-refractivity contribution in [3.05, 3.63) is 83.9 Å². The third kappa shape index (κ3) is 4.22. The molecule has 0 unspecified atom stereocenters. The summed E-state index contributed by atoms with van der Waals surface area (Å²) >= 11 is 0. The van der Waals surface area contributed by atoms with Gasteiger partial charge in [0.25, 0.3) is 10.0 Å². The quantitative estimate of drug-likeness (QED) is 0.551. The molecule has 0 spiro atoms. The standard InChI is InChI=1S/C23H25NO4S/c1-17-8-7-9-19(16-17)24(18(2)22-10-5-6-11-23(22)28-4)29(25,26)21-14-12-20(27-3)13-15-21/h5-16,18H,1-4H3/t18-/m1/s1. The molecule has 0 aliphatic heterocycles. The van der Waals surface area contributed by atoms with Gasteiger partial charge in [-0.3, -0.25) is 4.31 Å². The van der Waals surface area contributed by atoms with Gasteiger partial charge in [0.05, 0.1) is 30.8 Å². The first kappa shape index (κ1) is 20.7. The van der Waals surface area contributed by atoms with Gasteiger partial charge in [-0.1, -0.05) is 30.3 Å². The molecule has 0 aliphatic carbocycles. The van der Waals surface area contributed by atoms with Gasteiger partial charge in [-0.05, 0) is 61.9 Å². The molecule has 0 fully saturated rings. The summed E-state index contributed by atoms with van der Waals surface area (Å²) in [5.74, 6) is 1.24. The summed E-state index contributed by atoms with van der Waals surface area (Å²) in [5, 5.41) is 0. The van der Waals surface area contributed by atoms with Crippen LogP contribution in [0.4, 0.5) is 5.69 Å². The molecule has 0 heterocycles. The molecule has 0 saturated heterocycles. The molecular formula is C23H25NO4S. The monoisotopic (exact) mass is 411 g/mol. The number of ether oxygens (including phenoxy) is 2. The Hall–Kier alpha value is -2.99. The maximum absolute atomic E-state index is 13.7. The van der Waals surface area contributed by atoms with Gasteiger partial charge in [0.2, 0.25) is 0 Å². The Bertz CT molecular complexity index is 1080. The van der Waals surface area contributed by atoms with Crippen molar-refractivity contribution < 1.29 is 17.9 Å². The maximum atomic E-state index is 13.7. The number of nitrogens with zero attached hydrogens (tertiary/aromatic N) is 1. The van der Waals surface area contributed by atoms with E-state index < -0.39 is 16.1 Å². The number of benzene rings is 3. The maximum Gasteiger partial charge on any atom is 0.264 e. The Morgan fingerprint density at radius 2 is 1.55 bits per heavy atom. The molecular weight excluding hydrogens is 386 g/mol. The first-order valence-electron chi connectivity index (χ1n) is 9.26. The van der Waals surface area contributed by atoms with Crippen LogP contribution in [0.2, 0.25) is 0 Å². The van der Waals surface area contributed by atoms with Crippen molar-refractivity contribution in [1.82, 2.24) is 0 Å². The third-order valence-electron chi connectivity index (χ3n) is 4.81. The molecule has 0 aliphatic rings. The van der Waals surface area contributed by atoms with Crippen LogP contribution in [0, 0.1) is 6.92 Å². The van der Waals surface area contributed by atoms with E-state index in [1.54, 1.807) is 44.6 Å². The smallest absolute Gasteiger partial charge is 0.264 e. The lowest BCUT2D eigenvalue weighted by Crippen LogP contribution is -2.34. The zero-order chi connectivity index (χ0) is 21.0. The highest BCUT2D eigenvalue weighted by Gasteiger charge is 2.31. The van der Waals surface area contributed by atoms with Crippen LogP contribution in [0.5, 0.6) is 11.5 Å². The van der Waals surface area contributed by atoms with Crippen LogP contribution < -0.4 is 13.8 Å². The topological polar surface area (TPSA) is 55.8 Å². The van der Waals surface area contributed by atoms with E-state index >= 15 is 0 Å². The van der Waals surface area contributed by atoms with Crippen LogP contribution in [0.3, 0.4) is 0 Å². The van der Waals surface area contributed by atoms with Crippen molar-refractivity contribution >= 4 is 15.7 Å². The number of hydrogen-bond acceptors (Lipinski definition) is 4. The molecule has 0 radical (unpaired) electrons. The van der Waals surface area contributed by atoms with Crippen molar-refractivity contribution in [3.63, 3.8) is 0 Å². The number of para-hydroxylation sites is 1. The molecule has 1 atom stereocenters. The first-order valence-corrected chi connectivity index (χ1v) is 10.7. The minimum absolute atomic E-state index is 0.196. The summed E-state index contributed by atoms with van der Waals surface area (Å²) < 4.78 is 39.5. The van der Waals surface area contributed by atoms with E-state index in [0.717, 1.165) is 11.1 Å². The van der Waals surface area contributed by atoms with Crippen LogP contribution >= 0.6 is 0 Å². The van der Waals surface area contributed by atoms with E-state index in [4.69, 9.17) is 9.47 Å². The molecule has 3 rings (SSSR count). The lowest BCUT2D eigenvalue weighted by Gasteiger charge is -2.32. The normalized spacial score (nSPS) is 12.3. The predicted octanol–water partition coefficient (Wildman–Crippen LogP) is 4.97. The number of rotatable bonds is 7. The van der Waals surface area contributed by atoms with Crippen LogP contribution in [0.25, 0.3) is 0 Å². The largest absolute Gasteiger partial charge is 0.497 e. The van der Waals surface area contributed by atoms with Gasteiger partial charge >= 0.3 is 0 Å². The van der Waals surface area contributed by atoms with Crippen LogP contribution in [0.1, 0.15) is 24.1 Å². The molecule has 0 bridgehead atoms. The zero-order valence-corrected chi connectivity index (χ0v) is 17.8. The SMILES string of the molecule is COc1ccc(S(=O)(=O)N(c2cccc(C)c2)[C@H](C)c2ccccc2OC)cc1. The lowest BCUT2D eigenvalue weighted by atomic mass is 10.1. The zero-order valence-electron chi connectivity index (χ0n) is 17.0. The average Bonchev–Trinajstić information content (AvgIpc) is 2.73. The number of hydrogen-bond donors (Lipinski definition) is 0. The fourth-order valence-corrected chi connectivity index (χ4v) is 4.96. The average molecular weight is 412 g/mol. The summed E-state index contributed by atoms with van der Waals surface area (Å²) in [6, 6.07) is 20.9. The molecule has 5 nitrogen and oxygen atoms in total. The number of methoxy groups -OCH3 is 2. The van der Waals surface area contributed by atoms with E-state index in [2.05, 4.69) is 0 Å². The number of anilines is 1. The lowest BCUT2D eigenvalue weighted by molar-refractivity contribution is 0.407. The van der Waals surface area contributed by atoms with Gasteiger partial charge in [-0.25, -0.2) is 8.42 Å². The second-order valence-electron chi connectivity index (χ2n) is 6.73. The second kappa shape index (κ2) is 8.57. The Labute approximate surface area is 172 Å². The molecule has 0 N–H and O–H groups in total. The second-order valence-corrected chi connectivity index (χ2v) is 8.55. The van der Waals surface area contributed by atoms with Gasteiger partial charge < -0.3 is 9.47 Å². The molecule has 152 valence electrons. The van der Waals surface area contributed by atoms with Crippen molar-refractivity contribution in [2.45, 2.75) is 24.8 Å². The highest BCUT2D eigenvalue weighted by atomic mass is 32.2. The minimum Gasteiger partial charge on any atom is -0.497 e. The van der Waals surface area contributed by atoms with Gasteiger partial charge in [-0.15, -0.1) is 0 Å². The Balaban J connectivity index is 2.17. The molecule has 6 heteroatoms. The summed E-state index contributed by atoms with van der Waals surface area (Å²) in [6.07, 6.45) is 0. The molecule has 29 heavy (non-hydrogen) atoms. The molecule has 3 aromatic rings. The molecule has 0 aromatic heterocycles. The van der Waals surface area contributed by atoms with Gasteiger partial charge in [0.1, 0.15) is 11.5 Å². The number of sulfonamides is 1. The van der Waals surface area contributed by atoms with E-state index in [-0.39, 0.29) is 4.90 Å². The van der Waals surface area contributed by atoms with E-state index in [0.29, 0.717) is 17.2 Å². The van der Waals surface area contributed by atoms with Crippen LogP contribution in [0.15, 0.2) is 77.7 Å². The van der Waals surface area contributed by atoms with E-state index in [1.807, 2.05) is 56.3 Å². The summed E-state index contributed by atoms with van der Waals surface area (Å²) in [6.45, 7) is 3.80. The Morgan fingerprint density at radius 3 is 2.17 bits per heavy atom. The van der Waals surface area contributed by atoms with Gasteiger partial charge in [0, 0.05) is 5.56 Å². The summed E-state index contributed by atoms with van der Waals surface area (Å²) in [5.41, 5.74) is 2.36. The highest BCUT2D eigenvalue weighted by Crippen LogP contribution is 2.37. The first-order chi connectivity index (χ1) is 13.9. The molecule has 0 amide bonds. The Morgan fingerprint density at radius 1 is 0.862 bits per heavy atom. The minimum atomic E-state index is -3.85.